The minimum absolute atomic E-state index is 0.0436. The predicted octanol–water partition coefficient (Wildman–Crippen LogP) is 2.90. The van der Waals surface area contributed by atoms with Crippen molar-refractivity contribution in [1.29, 1.82) is 0 Å². The summed E-state index contributed by atoms with van der Waals surface area (Å²) in [4.78, 5) is 0. The molecule has 4 atom stereocenters. The smallest absolute Gasteiger partial charge is 0.0858 e. The van der Waals surface area contributed by atoms with Crippen molar-refractivity contribution in [3.63, 3.8) is 0 Å². The summed E-state index contributed by atoms with van der Waals surface area (Å²) in [6, 6.07) is 10.6. The van der Waals surface area contributed by atoms with E-state index in [0.29, 0.717) is 18.1 Å². The highest BCUT2D eigenvalue weighted by atomic mass is 16.5. The third-order valence-corrected chi connectivity index (χ3v) is 6.36. The molecule has 2 saturated carbocycles. The quantitative estimate of drug-likeness (QED) is 0.878. The lowest BCUT2D eigenvalue weighted by Crippen LogP contribution is -2.66. The Labute approximate surface area is 133 Å². The molecule has 0 radical (unpaired) electrons. The second-order valence-corrected chi connectivity index (χ2v) is 8.10. The molecule has 4 unspecified atom stereocenters. The molecule has 1 saturated heterocycles. The van der Waals surface area contributed by atoms with Crippen molar-refractivity contribution in [2.45, 2.75) is 51.4 Å². The summed E-state index contributed by atoms with van der Waals surface area (Å²) >= 11 is 0. The summed E-state index contributed by atoms with van der Waals surface area (Å²) in [7, 11) is 0. The van der Waals surface area contributed by atoms with Crippen LogP contribution in [0.5, 0.6) is 0 Å². The highest BCUT2D eigenvalue weighted by Gasteiger charge is 2.60. The number of hydrogen-bond donors (Lipinski definition) is 2. The van der Waals surface area contributed by atoms with Crippen molar-refractivity contribution < 1.29 is 9.84 Å². The number of fused-ring (bicyclic) bond motifs is 1. The first-order valence-corrected chi connectivity index (χ1v) is 8.63. The Bertz CT molecular complexity index is 538. The molecule has 3 heteroatoms. The average molecular weight is 301 g/mol. The maximum absolute atomic E-state index is 10.8. The molecule has 0 bridgehead atoms. The van der Waals surface area contributed by atoms with Crippen molar-refractivity contribution >= 4 is 0 Å². The van der Waals surface area contributed by atoms with Gasteiger partial charge in [0.05, 0.1) is 12.2 Å². The molecule has 0 amide bonds. The maximum Gasteiger partial charge on any atom is 0.0858 e. The number of hydrogen-bond acceptors (Lipinski definition) is 3. The number of ether oxygens (including phenoxy) is 1. The minimum atomic E-state index is -0.347. The van der Waals surface area contributed by atoms with Gasteiger partial charge in [-0.1, -0.05) is 44.2 Å². The van der Waals surface area contributed by atoms with Gasteiger partial charge in [-0.15, -0.1) is 0 Å². The van der Waals surface area contributed by atoms with Crippen molar-refractivity contribution in [3.8, 4) is 0 Å². The van der Waals surface area contributed by atoms with E-state index in [-0.39, 0.29) is 16.9 Å². The standard InChI is InChI=1S/C19H27NO2/c1-18(2)15(14-8-11-22-17(14)18)20-12-19(9-10-19)16(21)13-6-4-3-5-7-13/h3-7,14-17,20-21H,8-12H2,1-2H3. The van der Waals surface area contributed by atoms with E-state index in [1.165, 1.54) is 6.42 Å². The highest BCUT2D eigenvalue weighted by Crippen LogP contribution is 2.56. The van der Waals surface area contributed by atoms with E-state index in [4.69, 9.17) is 4.74 Å². The summed E-state index contributed by atoms with van der Waals surface area (Å²) in [6.07, 6.45) is 3.50. The molecular formula is C19H27NO2. The van der Waals surface area contributed by atoms with Gasteiger partial charge in [-0.25, -0.2) is 0 Å². The Hall–Kier alpha value is -0.900. The van der Waals surface area contributed by atoms with Gasteiger partial charge in [0.1, 0.15) is 0 Å². The predicted molar refractivity (Wildman–Crippen MR) is 86.5 cm³/mol. The van der Waals surface area contributed by atoms with Crippen LogP contribution in [0.1, 0.15) is 44.8 Å². The second kappa shape index (κ2) is 5.05. The molecule has 3 aliphatic rings. The summed E-state index contributed by atoms with van der Waals surface area (Å²) in [5, 5.41) is 14.6. The van der Waals surface area contributed by atoms with E-state index >= 15 is 0 Å². The monoisotopic (exact) mass is 301 g/mol. The van der Waals surface area contributed by atoms with Crippen LogP contribution in [0.15, 0.2) is 30.3 Å². The van der Waals surface area contributed by atoms with Crippen molar-refractivity contribution in [2.75, 3.05) is 13.2 Å². The van der Waals surface area contributed by atoms with Crippen LogP contribution in [0, 0.1) is 16.7 Å². The van der Waals surface area contributed by atoms with Gasteiger partial charge in [0.25, 0.3) is 0 Å². The van der Waals surface area contributed by atoms with E-state index in [2.05, 4.69) is 19.2 Å². The van der Waals surface area contributed by atoms with E-state index < -0.39 is 0 Å². The molecule has 22 heavy (non-hydrogen) atoms. The molecule has 3 nitrogen and oxygen atoms in total. The summed E-state index contributed by atoms with van der Waals surface area (Å²) in [5.74, 6) is 0.666. The van der Waals surface area contributed by atoms with E-state index in [1.54, 1.807) is 0 Å². The lowest BCUT2D eigenvalue weighted by molar-refractivity contribution is -0.114. The molecular weight excluding hydrogens is 274 g/mol. The minimum Gasteiger partial charge on any atom is -0.388 e. The van der Waals surface area contributed by atoms with Crippen molar-refractivity contribution in [1.82, 2.24) is 5.32 Å². The summed E-state index contributed by atoms with van der Waals surface area (Å²) in [5.41, 5.74) is 1.31. The molecule has 0 spiro atoms. The number of rotatable bonds is 5. The number of benzene rings is 1. The third kappa shape index (κ3) is 2.14. The zero-order chi connectivity index (χ0) is 15.4. The van der Waals surface area contributed by atoms with Crippen molar-refractivity contribution in [2.24, 2.45) is 16.7 Å². The van der Waals surface area contributed by atoms with Gasteiger partial charge in [-0.05, 0) is 24.8 Å². The topological polar surface area (TPSA) is 41.5 Å². The summed E-state index contributed by atoms with van der Waals surface area (Å²) in [6.45, 7) is 6.45. The van der Waals surface area contributed by atoms with Gasteiger partial charge in [0, 0.05) is 35.9 Å². The Morgan fingerprint density at radius 1 is 1.27 bits per heavy atom. The first-order chi connectivity index (χ1) is 10.5. The van der Waals surface area contributed by atoms with E-state index in [1.807, 2.05) is 30.3 Å². The van der Waals surface area contributed by atoms with Gasteiger partial charge >= 0.3 is 0 Å². The lowest BCUT2D eigenvalue weighted by Gasteiger charge is -2.55. The number of nitrogens with one attached hydrogen (secondary N) is 1. The van der Waals surface area contributed by atoms with Crippen LogP contribution in [0.4, 0.5) is 0 Å². The Morgan fingerprint density at radius 2 is 2.00 bits per heavy atom. The van der Waals surface area contributed by atoms with Crippen LogP contribution < -0.4 is 5.32 Å². The molecule has 1 heterocycles. The van der Waals surface area contributed by atoms with Crippen LogP contribution in [0.2, 0.25) is 0 Å². The fraction of sp³-hybridized carbons (Fsp3) is 0.684. The first-order valence-electron chi connectivity index (χ1n) is 8.63. The lowest BCUT2D eigenvalue weighted by atomic mass is 9.57. The Morgan fingerprint density at radius 3 is 2.68 bits per heavy atom. The van der Waals surface area contributed by atoms with Crippen LogP contribution in [0.3, 0.4) is 0 Å². The Kier molecular flexibility index (Phi) is 3.37. The normalized spacial score (nSPS) is 35.5. The molecule has 0 aromatic heterocycles. The molecule has 2 N–H and O–H groups in total. The first kappa shape index (κ1) is 14.7. The zero-order valence-corrected chi connectivity index (χ0v) is 13.6. The molecule has 4 rings (SSSR count). The number of aliphatic hydroxyl groups is 1. The van der Waals surface area contributed by atoms with Crippen molar-refractivity contribution in [3.05, 3.63) is 35.9 Å². The molecule has 1 aromatic carbocycles. The summed E-state index contributed by atoms with van der Waals surface area (Å²) < 4.78 is 5.87. The Balaban J connectivity index is 1.41. The van der Waals surface area contributed by atoms with Gasteiger partial charge in [-0.3, -0.25) is 0 Å². The largest absolute Gasteiger partial charge is 0.388 e. The fourth-order valence-electron chi connectivity index (χ4n) is 4.75. The SMILES string of the molecule is CC1(C)C(NCC2(C(O)c3ccccc3)CC2)C2CCOC21. The van der Waals surface area contributed by atoms with E-state index in [0.717, 1.165) is 31.6 Å². The zero-order valence-electron chi connectivity index (χ0n) is 13.6. The van der Waals surface area contributed by atoms with E-state index in [9.17, 15) is 5.11 Å². The molecule has 1 aliphatic heterocycles. The fourth-order valence-corrected chi connectivity index (χ4v) is 4.75. The molecule has 1 aromatic rings. The van der Waals surface area contributed by atoms with Crippen LogP contribution >= 0.6 is 0 Å². The van der Waals surface area contributed by atoms with Gasteiger partial charge in [-0.2, -0.15) is 0 Å². The average Bonchev–Trinajstić information content (AvgIpc) is 3.17. The van der Waals surface area contributed by atoms with Gasteiger partial charge in [0.2, 0.25) is 0 Å². The molecule has 2 aliphatic carbocycles. The van der Waals surface area contributed by atoms with Crippen LogP contribution in [-0.2, 0) is 4.74 Å². The molecule has 120 valence electrons. The van der Waals surface area contributed by atoms with Gasteiger partial charge in [0.15, 0.2) is 0 Å². The maximum atomic E-state index is 10.8. The second-order valence-electron chi connectivity index (χ2n) is 8.10. The van der Waals surface area contributed by atoms with Crippen LogP contribution in [0.25, 0.3) is 0 Å². The van der Waals surface area contributed by atoms with Gasteiger partial charge < -0.3 is 15.2 Å². The van der Waals surface area contributed by atoms with Crippen LogP contribution in [-0.4, -0.2) is 30.4 Å². The third-order valence-electron chi connectivity index (χ3n) is 6.36. The highest BCUT2D eigenvalue weighted by molar-refractivity contribution is 5.23. The molecule has 3 fully saturated rings. The number of aliphatic hydroxyl groups excluding tert-OH is 1.